The van der Waals surface area contributed by atoms with Crippen LogP contribution in [0, 0.1) is 6.92 Å². The minimum absolute atomic E-state index is 0.596. The first-order chi connectivity index (χ1) is 35.6. The fraction of sp³-hybridized carbons (Fsp3) is 0.200. The standard InChI is InChI=1S/C32H12BF24.C18H17N2O/c34-25(35,36)13-1-14(26(37,38)39)6-21(5-13)33(22-7-15(27(40,41)42)2-16(8-22)28(43,44)45,23-9-17(29(46,47)48)3-18(10-23)30(49,50)51)24-11-19(31(52,53)54)4-20(12-24)32(55,56)57;1-15-6-5-9-17(12-15)21-18-14-20(11-10-19-18)13-16-7-3-2-4-8-16/h1-12H;2-12,14H,13H2,1H3/q-1;+1. The van der Waals surface area contributed by atoms with Gasteiger partial charge in [0.25, 0.3) is 5.88 Å². The predicted molar refractivity (Wildman–Crippen MR) is 231 cm³/mol. The van der Waals surface area contributed by atoms with Gasteiger partial charge in [-0.2, -0.15) is 132 Å². The molecule has 0 aliphatic carbocycles. The topological polar surface area (TPSA) is 26.0 Å². The lowest BCUT2D eigenvalue weighted by molar-refractivity contribution is -0.689. The molecule has 0 amide bonds. The third-order valence-corrected chi connectivity index (χ3v) is 11.6. The van der Waals surface area contributed by atoms with Crippen molar-refractivity contribution in [1.82, 2.24) is 4.98 Å². The summed E-state index contributed by atoms with van der Waals surface area (Å²) in [4.78, 5) is 4.26. The Bertz CT molecular complexity index is 2820. The second kappa shape index (κ2) is 21.1. The van der Waals surface area contributed by atoms with Gasteiger partial charge in [0.15, 0.2) is 12.7 Å². The van der Waals surface area contributed by atoms with E-state index in [4.69, 9.17) is 4.74 Å². The zero-order valence-electron chi connectivity index (χ0n) is 38.5. The quantitative estimate of drug-likeness (QED) is 0.0861. The van der Waals surface area contributed by atoms with Crippen LogP contribution < -0.4 is 31.2 Å². The molecule has 1 aromatic heterocycles. The van der Waals surface area contributed by atoms with E-state index < -0.39 is 195 Å². The monoisotopic (exact) mass is 1140 g/mol. The van der Waals surface area contributed by atoms with Crippen molar-refractivity contribution >= 4 is 28.0 Å². The van der Waals surface area contributed by atoms with Crippen LogP contribution in [0.4, 0.5) is 105 Å². The molecule has 78 heavy (non-hydrogen) atoms. The Kier molecular flexibility index (Phi) is 16.2. The number of aromatic nitrogens is 2. The third-order valence-electron chi connectivity index (χ3n) is 11.6. The van der Waals surface area contributed by atoms with Gasteiger partial charge in [0.1, 0.15) is 11.9 Å². The van der Waals surface area contributed by atoms with Crippen molar-refractivity contribution in [1.29, 1.82) is 0 Å². The van der Waals surface area contributed by atoms with Crippen molar-refractivity contribution in [2.24, 2.45) is 0 Å². The SMILES string of the molecule is Cc1cccc(Oc2c[n+](Cc3ccccc3)ccn2)c1.FC(F)(F)c1cc([B-](c2cc(C(F)(F)F)cc(C(F)(F)F)c2)(c2cc(C(F)(F)F)cc(C(F)(F)F)c2)c2cc(C(F)(F)F)cc(C(F)(F)F)c2)cc(C(F)(F)F)c1. The first-order valence-electron chi connectivity index (χ1n) is 21.5. The number of hydrogen-bond acceptors (Lipinski definition) is 2. The predicted octanol–water partition coefficient (Wildman–Crippen LogP) is 14.7. The van der Waals surface area contributed by atoms with Crippen LogP contribution >= 0.6 is 0 Å². The molecule has 0 aliphatic rings. The minimum Gasteiger partial charge on any atom is -0.434 e. The molecule has 7 rings (SSSR count). The lowest BCUT2D eigenvalue weighted by Crippen LogP contribution is -2.75. The largest absolute Gasteiger partial charge is 0.434 e. The van der Waals surface area contributed by atoms with Gasteiger partial charge in [0.2, 0.25) is 6.20 Å². The zero-order valence-corrected chi connectivity index (χ0v) is 38.5. The second-order valence-electron chi connectivity index (χ2n) is 17.2. The number of benzene rings is 6. The van der Waals surface area contributed by atoms with Crippen LogP contribution in [0.1, 0.15) is 55.6 Å². The first-order valence-corrected chi connectivity index (χ1v) is 21.5. The van der Waals surface area contributed by atoms with Gasteiger partial charge in [-0.1, -0.05) is 91.0 Å². The van der Waals surface area contributed by atoms with Crippen LogP contribution in [-0.4, -0.2) is 11.1 Å². The molecule has 6 aromatic carbocycles. The second-order valence-corrected chi connectivity index (χ2v) is 17.2. The summed E-state index contributed by atoms with van der Waals surface area (Å²) in [5.41, 5.74) is -27.8. The highest BCUT2D eigenvalue weighted by Crippen LogP contribution is 2.41. The normalized spacial score (nSPS) is 13.2. The van der Waals surface area contributed by atoms with Gasteiger partial charge in [0, 0.05) is 5.56 Å². The van der Waals surface area contributed by atoms with E-state index in [1.54, 1.807) is 6.20 Å². The van der Waals surface area contributed by atoms with Crippen molar-refractivity contribution < 1.29 is 115 Å². The van der Waals surface area contributed by atoms with E-state index in [1.165, 1.54) is 11.1 Å². The Morgan fingerprint density at radius 1 is 0.385 bits per heavy atom. The van der Waals surface area contributed by atoms with Crippen LogP contribution in [-0.2, 0) is 56.0 Å². The molecule has 7 aromatic rings. The van der Waals surface area contributed by atoms with E-state index in [2.05, 4.69) is 21.7 Å². The van der Waals surface area contributed by atoms with Crippen molar-refractivity contribution in [2.75, 3.05) is 0 Å². The number of alkyl halides is 24. The van der Waals surface area contributed by atoms with E-state index in [0.717, 1.165) is 12.3 Å². The van der Waals surface area contributed by atoms with Crippen LogP contribution in [0.2, 0.25) is 0 Å². The fourth-order valence-corrected chi connectivity index (χ4v) is 8.23. The van der Waals surface area contributed by atoms with Gasteiger partial charge in [-0.25, -0.2) is 4.98 Å². The zero-order chi connectivity index (χ0) is 58.4. The number of hydrogen-bond donors (Lipinski definition) is 0. The molecule has 1 heterocycles. The van der Waals surface area contributed by atoms with Crippen LogP contribution in [0.5, 0.6) is 11.6 Å². The van der Waals surface area contributed by atoms with Gasteiger partial charge < -0.3 is 4.74 Å². The number of nitrogens with zero attached hydrogens (tertiary/aromatic N) is 2. The Morgan fingerprint density at radius 3 is 0.974 bits per heavy atom. The van der Waals surface area contributed by atoms with E-state index in [1.807, 2.05) is 61.8 Å². The van der Waals surface area contributed by atoms with Gasteiger partial charge in [-0.3, -0.25) is 0 Å². The van der Waals surface area contributed by atoms with Gasteiger partial charge in [-0.05, 0) is 48.9 Å². The van der Waals surface area contributed by atoms with Gasteiger partial charge in [0.05, 0.1) is 50.7 Å². The molecular weight excluding hydrogens is 1110 g/mol. The molecule has 0 saturated heterocycles. The molecule has 416 valence electrons. The van der Waals surface area contributed by atoms with E-state index in [-0.39, 0.29) is 0 Å². The third kappa shape index (κ3) is 14.2. The van der Waals surface area contributed by atoms with Crippen molar-refractivity contribution in [3.8, 4) is 11.6 Å². The Hall–Kier alpha value is -7.42. The highest BCUT2D eigenvalue weighted by atomic mass is 19.4. The molecule has 0 saturated carbocycles. The minimum atomic E-state index is -6.13. The summed E-state index contributed by atoms with van der Waals surface area (Å²) in [6, 6.07) is 9.46. The summed E-state index contributed by atoms with van der Waals surface area (Å²) in [5, 5.41) is 0. The number of ether oxygens (including phenoxy) is 1. The van der Waals surface area contributed by atoms with Crippen molar-refractivity contribution in [3.05, 3.63) is 202 Å². The summed E-state index contributed by atoms with van der Waals surface area (Å²) in [6.45, 7) is 2.84. The maximum atomic E-state index is 14.2. The van der Waals surface area contributed by atoms with Crippen LogP contribution in [0.3, 0.4) is 0 Å². The van der Waals surface area contributed by atoms with E-state index >= 15 is 0 Å². The molecule has 28 heteroatoms. The Labute approximate surface area is 423 Å². The molecule has 0 N–H and O–H groups in total. The average Bonchev–Trinajstić information content (AvgIpc) is 3.30. The Morgan fingerprint density at radius 2 is 0.692 bits per heavy atom. The summed E-state index contributed by atoms with van der Waals surface area (Å²) in [6.07, 6.45) is -49.2. The average molecular weight is 1140 g/mol. The van der Waals surface area contributed by atoms with Crippen LogP contribution in [0.15, 0.2) is 146 Å². The molecule has 0 radical (unpaired) electrons. The number of halogens is 24. The summed E-state index contributed by atoms with van der Waals surface area (Å²) in [7, 11) is 0. The Balaban J connectivity index is 0.000000387. The molecule has 0 atom stereocenters. The highest BCUT2D eigenvalue weighted by molar-refractivity contribution is 7.20. The fourth-order valence-electron chi connectivity index (χ4n) is 8.23. The molecule has 0 spiro atoms. The van der Waals surface area contributed by atoms with E-state index in [0.29, 0.717) is 5.88 Å². The van der Waals surface area contributed by atoms with Gasteiger partial charge >= 0.3 is 49.4 Å². The maximum absolute atomic E-state index is 14.2. The maximum Gasteiger partial charge on any atom is 0.416 e. The molecule has 0 fully saturated rings. The van der Waals surface area contributed by atoms with Crippen molar-refractivity contribution in [2.45, 2.75) is 62.9 Å². The molecule has 0 aliphatic heterocycles. The number of rotatable bonds is 8. The van der Waals surface area contributed by atoms with Crippen LogP contribution in [0.25, 0.3) is 0 Å². The summed E-state index contributed by atoms with van der Waals surface area (Å²) < 4.78 is 349. The first kappa shape index (κ1) is 59.8. The van der Waals surface area contributed by atoms with Gasteiger partial charge in [-0.15, -0.1) is 0 Å². The highest BCUT2D eigenvalue weighted by Gasteiger charge is 2.47. The molecule has 0 bridgehead atoms. The van der Waals surface area contributed by atoms with E-state index in [9.17, 15) is 105 Å². The lowest BCUT2D eigenvalue weighted by atomic mass is 9.12. The summed E-state index contributed by atoms with van der Waals surface area (Å²) in [5.74, 6) is 1.40. The smallest absolute Gasteiger partial charge is 0.416 e. The lowest BCUT2D eigenvalue weighted by Gasteiger charge is -2.46. The molecule has 3 nitrogen and oxygen atoms in total. The summed E-state index contributed by atoms with van der Waals surface area (Å²) >= 11 is 0. The molecule has 0 unspecified atom stereocenters. The van der Waals surface area contributed by atoms with Crippen molar-refractivity contribution in [3.63, 3.8) is 0 Å². The number of aryl methyl sites for hydroxylation is 1. The molecular formula is C50H29BF24N2O.